The van der Waals surface area contributed by atoms with Gasteiger partial charge in [0.15, 0.2) is 5.11 Å². The molecule has 2 aromatic heterocycles. The third-order valence-electron chi connectivity index (χ3n) is 6.71. The molecular weight excluding hydrogens is 546 g/mol. The van der Waals surface area contributed by atoms with Crippen molar-refractivity contribution in [3.63, 3.8) is 0 Å². The van der Waals surface area contributed by atoms with Crippen LogP contribution in [0.5, 0.6) is 0 Å². The zero-order chi connectivity index (χ0) is 25.9. The van der Waals surface area contributed by atoms with E-state index in [1.165, 1.54) is 0 Å². The quantitative estimate of drug-likeness (QED) is 0.256. The van der Waals surface area contributed by atoms with Gasteiger partial charge in [-0.1, -0.05) is 40.2 Å². The molecule has 1 aliphatic heterocycles. The Balaban J connectivity index is 1.47. The van der Waals surface area contributed by atoms with Crippen LogP contribution in [0.2, 0.25) is 0 Å². The fourth-order valence-electron chi connectivity index (χ4n) is 5.03. The molecule has 4 aromatic rings. The number of carbonyl (C=O) groups is 1. The van der Waals surface area contributed by atoms with Crippen LogP contribution in [0, 0.1) is 13.8 Å². The van der Waals surface area contributed by atoms with Crippen LogP contribution >= 0.6 is 28.1 Å². The average molecular weight is 575 g/mol. The van der Waals surface area contributed by atoms with Crippen LogP contribution in [0.1, 0.15) is 41.1 Å². The smallest absolute Gasteiger partial charge is 0.226 e. The van der Waals surface area contributed by atoms with Crippen molar-refractivity contribution in [2.75, 3.05) is 11.9 Å². The van der Waals surface area contributed by atoms with Gasteiger partial charge in [0, 0.05) is 46.4 Å². The number of para-hydroxylation sites is 1. The Morgan fingerprint density at radius 1 is 1.05 bits per heavy atom. The number of amides is 1. The normalized spacial score (nSPS) is 17.1. The molecule has 188 valence electrons. The van der Waals surface area contributed by atoms with Crippen molar-refractivity contribution in [2.45, 2.75) is 32.4 Å². The number of hydrogen-bond donors (Lipinski definition) is 2. The molecule has 1 saturated heterocycles. The largest absolute Gasteiger partial charge is 0.352 e. The third-order valence-corrected chi connectivity index (χ3v) is 7.59. The summed E-state index contributed by atoms with van der Waals surface area (Å²) in [6, 6.07) is 25.7. The molecule has 2 atom stereocenters. The number of halogens is 1. The van der Waals surface area contributed by atoms with Crippen LogP contribution in [-0.4, -0.2) is 32.0 Å². The molecule has 0 radical (unpaired) electrons. The second-order valence-corrected chi connectivity index (χ2v) is 10.4. The fraction of sp³-hybridized carbons (Fsp3) is 0.207. The number of rotatable bonds is 7. The molecule has 0 saturated carbocycles. The molecule has 0 spiro atoms. The molecule has 1 fully saturated rings. The molecule has 1 aliphatic rings. The summed E-state index contributed by atoms with van der Waals surface area (Å²) in [7, 11) is 0. The highest BCUT2D eigenvalue weighted by atomic mass is 79.9. The first-order valence-electron chi connectivity index (χ1n) is 12.2. The Kier molecular flexibility index (Phi) is 7.39. The lowest BCUT2D eigenvalue weighted by Gasteiger charge is -2.28. The third kappa shape index (κ3) is 5.31. The number of pyridine rings is 1. The monoisotopic (exact) mass is 573 g/mol. The van der Waals surface area contributed by atoms with Crippen LogP contribution in [0.4, 0.5) is 5.69 Å². The lowest BCUT2D eigenvalue weighted by molar-refractivity contribution is -0.116. The topological polar surface area (TPSA) is 62.2 Å². The van der Waals surface area contributed by atoms with E-state index in [2.05, 4.69) is 85.2 Å². The maximum atomic E-state index is 12.8. The molecule has 3 heterocycles. The fourth-order valence-corrected chi connectivity index (χ4v) is 5.62. The maximum Gasteiger partial charge on any atom is 0.226 e. The number of nitrogens with one attached hydrogen (secondary N) is 2. The first-order valence-corrected chi connectivity index (χ1v) is 13.4. The van der Waals surface area contributed by atoms with Crippen LogP contribution < -0.4 is 10.6 Å². The number of carbonyl (C=O) groups excluding carboxylic acids is 1. The molecule has 1 amide bonds. The number of hydrogen-bond acceptors (Lipinski definition) is 3. The minimum Gasteiger partial charge on any atom is -0.352 e. The van der Waals surface area contributed by atoms with E-state index in [-0.39, 0.29) is 18.0 Å². The van der Waals surface area contributed by atoms with E-state index in [1.54, 1.807) is 6.20 Å². The van der Waals surface area contributed by atoms with Crippen molar-refractivity contribution < 1.29 is 4.79 Å². The van der Waals surface area contributed by atoms with Gasteiger partial charge in [-0.25, -0.2) is 0 Å². The summed E-state index contributed by atoms with van der Waals surface area (Å²) >= 11 is 9.34. The zero-order valence-corrected chi connectivity index (χ0v) is 23.1. The Labute approximate surface area is 230 Å². The number of anilines is 1. The molecule has 2 N–H and O–H groups in total. The molecule has 8 heteroatoms. The van der Waals surface area contributed by atoms with Gasteiger partial charge < -0.3 is 20.1 Å². The molecule has 0 unspecified atom stereocenters. The number of aryl methyl sites for hydroxylation is 1. The van der Waals surface area contributed by atoms with Gasteiger partial charge >= 0.3 is 0 Å². The lowest BCUT2D eigenvalue weighted by atomic mass is 9.96. The summed E-state index contributed by atoms with van der Waals surface area (Å²) < 4.78 is 3.30. The van der Waals surface area contributed by atoms with Gasteiger partial charge in [-0.3, -0.25) is 9.78 Å². The predicted octanol–water partition coefficient (Wildman–Crippen LogP) is 6.25. The van der Waals surface area contributed by atoms with Gasteiger partial charge in [-0.05, 0) is 86.2 Å². The first kappa shape index (κ1) is 25.2. The standard InChI is InChI=1S/C29H28BrN5OS/c1-19-18-24(20(2)35(19)23-13-11-21(30)12-14-23)28-27(25-10-6-7-16-31-25)33-29(37)34(28)17-15-26(36)32-22-8-4-3-5-9-22/h3-14,16,18,27-28H,15,17H2,1-2H3,(H,32,36)(H,33,37)/t27-,28+/m0/s1. The number of benzene rings is 2. The Morgan fingerprint density at radius 2 is 1.78 bits per heavy atom. The second-order valence-electron chi connectivity index (χ2n) is 9.12. The molecular formula is C29H28BrN5OS. The summed E-state index contributed by atoms with van der Waals surface area (Å²) in [5.74, 6) is -0.0469. The Hall–Kier alpha value is -3.49. The summed E-state index contributed by atoms with van der Waals surface area (Å²) in [5, 5.41) is 7.10. The van der Waals surface area contributed by atoms with Gasteiger partial charge in [0.05, 0.1) is 17.8 Å². The van der Waals surface area contributed by atoms with E-state index in [4.69, 9.17) is 12.2 Å². The molecule has 2 aromatic carbocycles. The number of aromatic nitrogens is 2. The van der Waals surface area contributed by atoms with Crippen LogP contribution in [0.15, 0.2) is 89.5 Å². The van der Waals surface area contributed by atoms with E-state index < -0.39 is 0 Å². The first-order chi connectivity index (χ1) is 17.9. The van der Waals surface area contributed by atoms with Crippen LogP contribution in [0.25, 0.3) is 5.69 Å². The summed E-state index contributed by atoms with van der Waals surface area (Å²) in [6.07, 6.45) is 2.12. The lowest BCUT2D eigenvalue weighted by Crippen LogP contribution is -2.32. The van der Waals surface area contributed by atoms with Crippen molar-refractivity contribution in [2.24, 2.45) is 0 Å². The SMILES string of the molecule is Cc1cc([C@@H]2[C@H](c3ccccn3)NC(=S)N2CCC(=O)Nc2ccccc2)c(C)n1-c1ccc(Br)cc1. The Morgan fingerprint density at radius 3 is 2.49 bits per heavy atom. The van der Waals surface area contributed by atoms with Crippen LogP contribution in [-0.2, 0) is 4.79 Å². The highest BCUT2D eigenvalue weighted by Crippen LogP contribution is 2.41. The second kappa shape index (κ2) is 10.9. The average Bonchev–Trinajstić information content (AvgIpc) is 3.39. The molecule has 5 rings (SSSR count). The van der Waals surface area contributed by atoms with E-state index in [0.717, 1.165) is 38.5 Å². The van der Waals surface area contributed by atoms with E-state index in [9.17, 15) is 4.79 Å². The maximum absolute atomic E-state index is 12.8. The van der Waals surface area contributed by atoms with Gasteiger partial charge in [0.2, 0.25) is 5.91 Å². The molecule has 0 bridgehead atoms. The summed E-state index contributed by atoms with van der Waals surface area (Å²) in [4.78, 5) is 19.6. The highest BCUT2D eigenvalue weighted by Gasteiger charge is 2.41. The van der Waals surface area contributed by atoms with Crippen LogP contribution in [0.3, 0.4) is 0 Å². The Bertz CT molecular complexity index is 1410. The van der Waals surface area contributed by atoms with E-state index in [0.29, 0.717) is 18.1 Å². The number of thiocarbonyl (C=S) groups is 1. The minimum atomic E-state index is -0.134. The van der Waals surface area contributed by atoms with Gasteiger partial charge in [-0.15, -0.1) is 0 Å². The number of nitrogens with zero attached hydrogens (tertiary/aromatic N) is 3. The summed E-state index contributed by atoms with van der Waals surface area (Å²) in [5.41, 5.74) is 6.23. The minimum absolute atomic E-state index is 0.0469. The van der Waals surface area contributed by atoms with Gasteiger partial charge in [0.1, 0.15) is 0 Å². The van der Waals surface area contributed by atoms with Crippen molar-refractivity contribution in [3.05, 3.63) is 112 Å². The van der Waals surface area contributed by atoms with E-state index in [1.807, 2.05) is 48.5 Å². The van der Waals surface area contributed by atoms with Gasteiger partial charge in [0.25, 0.3) is 0 Å². The highest BCUT2D eigenvalue weighted by molar-refractivity contribution is 9.10. The molecule has 6 nitrogen and oxygen atoms in total. The van der Waals surface area contributed by atoms with E-state index >= 15 is 0 Å². The summed E-state index contributed by atoms with van der Waals surface area (Å²) in [6.45, 7) is 4.74. The molecule has 37 heavy (non-hydrogen) atoms. The van der Waals surface area contributed by atoms with Gasteiger partial charge in [-0.2, -0.15) is 0 Å². The van der Waals surface area contributed by atoms with Crippen molar-refractivity contribution in [1.29, 1.82) is 0 Å². The zero-order valence-electron chi connectivity index (χ0n) is 20.7. The molecule has 0 aliphatic carbocycles. The van der Waals surface area contributed by atoms with Crippen molar-refractivity contribution in [3.8, 4) is 5.69 Å². The predicted molar refractivity (Wildman–Crippen MR) is 155 cm³/mol. The van der Waals surface area contributed by atoms with Crippen molar-refractivity contribution in [1.82, 2.24) is 19.8 Å². The van der Waals surface area contributed by atoms with Crippen molar-refractivity contribution >= 4 is 44.9 Å².